The molecule has 2 heterocycles. The van der Waals surface area contributed by atoms with E-state index in [4.69, 9.17) is 25.2 Å². The predicted octanol–water partition coefficient (Wildman–Crippen LogP) is 4.65. The quantitative estimate of drug-likeness (QED) is 0.487. The molecule has 1 aliphatic rings. The summed E-state index contributed by atoms with van der Waals surface area (Å²) in [6.07, 6.45) is 5.03. The molecule has 0 aliphatic heterocycles. The van der Waals surface area contributed by atoms with Crippen molar-refractivity contribution < 1.29 is 14.3 Å². The first-order chi connectivity index (χ1) is 15.2. The number of benzene rings is 2. The number of ether oxygens (including phenoxy) is 2. The van der Waals surface area contributed by atoms with Crippen LogP contribution < -0.4 is 10.5 Å². The van der Waals surface area contributed by atoms with E-state index in [0.717, 1.165) is 42.6 Å². The molecule has 1 saturated carbocycles. The summed E-state index contributed by atoms with van der Waals surface area (Å²) in [5.74, 6) is 0.565. The molecule has 7 nitrogen and oxygen atoms in total. The fraction of sp³-hybridized carbons (Fsp3) is 0.292. The molecule has 1 aliphatic carbocycles. The van der Waals surface area contributed by atoms with E-state index in [1.165, 1.54) is 6.42 Å². The number of rotatable bonds is 4. The second-order valence-corrected chi connectivity index (χ2v) is 7.84. The van der Waals surface area contributed by atoms with Gasteiger partial charge in [0, 0.05) is 5.69 Å². The maximum absolute atomic E-state index is 13.2. The SMILES string of the molecule is COc1ccc(-n2c(N)c(C(=O)OC3CCCCC3)c3nc4ccccc4nc32)cc1. The lowest BCUT2D eigenvalue weighted by molar-refractivity contribution is 0.0214. The van der Waals surface area contributed by atoms with Crippen LogP contribution in [-0.4, -0.2) is 33.7 Å². The van der Waals surface area contributed by atoms with E-state index in [1.54, 1.807) is 11.7 Å². The van der Waals surface area contributed by atoms with Gasteiger partial charge in [0.2, 0.25) is 0 Å². The van der Waals surface area contributed by atoms with Crippen LogP contribution in [0.3, 0.4) is 0 Å². The van der Waals surface area contributed by atoms with Gasteiger partial charge < -0.3 is 15.2 Å². The van der Waals surface area contributed by atoms with Crippen molar-refractivity contribution in [2.75, 3.05) is 12.8 Å². The van der Waals surface area contributed by atoms with Gasteiger partial charge in [-0.1, -0.05) is 18.6 Å². The van der Waals surface area contributed by atoms with E-state index in [9.17, 15) is 4.79 Å². The van der Waals surface area contributed by atoms with Gasteiger partial charge in [-0.15, -0.1) is 0 Å². The molecule has 5 rings (SSSR count). The number of hydrogen-bond acceptors (Lipinski definition) is 6. The minimum atomic E-state index is -0.439. The number of carbonyl (C=O) groups is 1. The van der Waals surface area contributed by atoms with E-state index < -0.39 is 5.97 Å². The summed E-state index contributed by atoms with van der Waals surface area (Å²) >= 11 is 0. The second kappa shape index (κ2) is 7.91. The lowest BCUT2D eigenvalue weighted by Gasteiger charge is -2.21. The summed E-state index contributed by atoms with van der Waals surface area (Å²) in [6.45, 7) is 0. The summed E-state index contributed by atoms with van der Waals surface area (Å²) in [6, 6.07) is 15.0. The Morgan fingerprint density at radius 1 is 1.00 bits per heavy atom. The van der Waals surface area contributed by atoms with E-state index in [1.807, 2.05) is 48.5 Å². The standard InChI is InChI=1S/C24H24N4O3/c1-30-16-13-11-15(12-14-16)28-22(25)20(24(29)31-17-7-3-2-4-8-17)21-23(28)27-19-10-6-5-9-18(19)26-21/h5-6,9-14,17H,2-4,7-8,25H2,1H3. The van der Waals surface area contributed by atoms with Crippen molar-refractivity contribution in [1.82, 2.24) is 14.5 Å². The molecule has 158 valence electrons. The monoisotopic (exact) mass is 416 g/mol. The average Bonchev–Trinajstić information content (AvgIpc) is 3.09. The predicted molar refractivity (Wildman–Crippen MR) is 120 cm³/mol. The lowest BCUT2D eigenvalue weighted by Crippen LogP contribution is -2.21. The van der Waals surface area contributed by atoms with Crippen molar-refractivity contribution >= 4 is 34.0 Å². The normalized spacial score (nSPS) is 14.7. The number of fused-ring (bicyclic) bond motifs is 2. The van der Waals surface area contributed by atoms with Gasteiger partial charge in [-0.25, -0.2) is 14.8 Å². The molecule has 7 heteroatoms. The largest absolute Gasteiger partial charge is 0.497 e. The Morgan fingerprint density at radius 2 is 1.68 bits per heavy atom. The number of hydrogen-bond donors (Lipinski definition) is 1. The topological polar surface area (TPSA) is 92.3 Å². The van der Waals surface area contributed by atoms with Crippen LogP contribution in [-0.2, 0) is 4.74 Å². The van der Waals surface area contributed by atoms with Gasteiger partial charge in [0.05, 0.1) is 18.1 Å². The molecular weight excluding hydrogens is 392 g/mol. The third-order valence-electron chi connectivity index (χ3n) is 5.86. The molecule has 1 fully saturated rings. The number of nitrogens with zero attached hydrogens (tertiary/aromatic N) is 3. The Balaban J connectivity index is 1.69. The van der Waals surface area contributed by atoms with Crippen molar-refractivity contribution in [3.8, 4) is 11.4 Å². The lowest BCUT2D eigenvalue weighted by atomic mass is 9.98. The maximum atomic E-state index is 13.2. The molecule has 0 radical (unpaired) electrons. The summed E-state index contributed by atoms with van der Waals surface area (Å²) in [7, 11) is 1.62. The first kappa shape index (κ1) is 19.4. The van der Waals surface area contributed by atoms with Gasteiger partial charge in [-0.2, -0.15) is 0 Å². The highest BCUT2D eigenvalue weighted by molar-refractivity contribution is 6.09. The minimum absolute atomic E-state index is 0.0755. The molecule has 0 atom stereocenters. The van der Waals surface area contributed by atoms with Crippen LogP contribution in [0.1, 0.15) is 42.5 Å². The van der Waals surface area contributed by atoms with Crippen LogP contribution in [0, 0.1) is 0 Å². The first-order valence-electron chi connectivity index (χ1n) is 10.6. The van der Waals surface area contributed by atoms with Gasteiger partial charge >= 0.3 is 5.97 Å². The van der Waals surface area contributed by atoms with Crippen molar-refractivity contribution in [3.05, 3.63) is 54.1 Å². The Morgan fingerprint density at radius 3 is 2.35 bits per heavy atom. The molecule has 2 aromatic carbocycles. The Kier molecular flexibility index (Phi) is 4.94. The number of carbonyl (C=O) groups excluding carboxylic acids is 1. The summed E-state index contributed by atoms with van der Waals surface area (Å²) in [4.78, 5) is 22.8. The van der Waals surface area contributed by atoms with Crippen molar-refractivity contribution in [2.45, 2.75) is 38.2 Å². The number of aromatic nitrogens is 3. The molecule has 2 aromatic heterocycles. The third-order valence-corrected chi connectivity index (χ3v) is 5.86. The van der Waals surface area contributed by atoms with Gasteiger partial charge in [0.25, 0.3) is 0 Å². The fourth-order valence-corrected chi connectivity index (χ4v) is 4.25. The van der Waals surface area contributed by atoms with Crippen molar-refractivity contribution in [1.29, 1.82) is 0 Å². The van der Waals surface area contributed by atoms with E-state index >= 15 is 0 Å². The zero-order valence-corrected chi connectivity index (χ0v) is 17.4. The molecule has 0 unspecified atom stereocenters. The number of methoxy groups -OCH3 is 1. The smallest absolute Gasteiger partial charge is 0.344 e. The molecule has 0 bridgehead atoms. The molecule has 4 aromatic rings. The summed E-state index contributed by atoms with van der Waals surface area (Å²) in [5, 5.41) is 0. The number of esters is 1. The number of para-hydroxylation sites is 2. The van der Waals surface area contributed by atoms with Crippen molar-refractivity contribution in [3.63, 3.8) is 0 Å². The Labute approximate surface area is 179 Å². The highest BCUT2D eigenvalue weighted by Gasteiger charge is 2.28. The molecular formula is C24H24N4O3. The first-order valence-corrected chi connectivity index (χ1v) is 10.6. The fourth-order valence-electron chi connectivity index (χ4n) is 4.25. The zero-order chi connectivity index (χ0) is 21.4. The molecule has 0 spiro atoms. The number of anilines is 1. The molecule has 2 N–H and O–H groups in total. The van der Waals surface area contributed by atoms with Crippen LogP contribution in [0.5, 0.6) is 5.75 Å². The van der Waals surface area contributed by atoms with Crippen molar-refractivity contribution in [2.24, 2.45) is 0 Å². The summed E-state index contributed by atoms with van der Waals surface area (Å²) in [5.41, 5.74) is 9.99. The van der Waals surface area contributed by atoms with E-state index in [-0.39, 0.29) is 17.5 Å². The van der Waals surface area contributed by atoms with Gasteiger partial charge in [-0.05, 0) is 62.1 Å². The third kappa shape index (κ3) is 3.46. The van der Waals surface area contributed by atoms with Gasteiger partial charge in [-0.3, -0.25) is 4.57 Å². The molecule has 31 heavy (non-hydrogen) atoms. The van der Waals surface area contributed by atoms with Crippen LogP contribution in [0.15, 0.2) is 48.5 Å². The number of nitrogen functional groups attached to an aromatic ring is 1. The molecule has 0 amide bonds. The Hall–Kier alpha value is -3.61. The van der Waals surface area contributed by atoms with Crippen LogP contribution >= 0.6 is 0 Å². The second-order valence-electron chi connectivity index (χ2n) is 7.84. The summed E-state index contributed by atoms with van der Waals surface area (Å²) < 4.78 is 12.9. The van der Waals surface area contributed by atoms with Gasteiger partial charge in [0.1, 0.15) is 28.8 Å². The molecule has 0 saturated heterocycles. The highest BCUT2D eigenvalue weighted by atomic mass is 16.5. The Bertz CT molecular complexity index is 1260. The minimum Gasteiger partial charge on any atom is -0.497 e. The zero-order valence-electron chi connectivity index (χ0n) is 17.4. The maximum Gasteiger partial charge on any atom is 0.344 e. The van der Waals surface area contributed by atoms with E-state index in [2.05, 4.69) is 0 Å². The average molecular weight is 416 g/mol. The van der Waals surface area contributed by atoms with Crippen LogP contribution in [0.2, 0.25) is 0 Å². The highest BCUT2D eigenvalue weighted by Crippen LogP contribution is 2.33. The van der Waals surface area contributed by atoms with E-state index in [0.29, 0.717) is 16.7 Å². The van der Waals surface area contributed by atoms with Crippen LogP contribution in [0.25, 0.3) is 27.9 Å². The van der Waals surface area contributed by atoms with Crippen LogP contribution in [0.4, 0.5) is 5.82 Å². The number of nitrogens with two attached hydrogens (primary N) is 1. The van der Waals surface area contributed by atoms with Gasteiger partial charge in [0.15, 0.2) is 5.65 Å².